The molecule has 144 valence electrons. The quantitative estimate of drug-likeness (QED) is 0.437. The zero-order valence-corrected chi connectivity index (χ0v) is 16.7. The molecule has 0 fully saturated rings. The molecule has 4 rings (SSSR count). The van der Waals surface area contributed by atoms with Gasteiger partial charge in [-0.2, -0.15) is 0 Å². The lowest BCUT2D eigenvalue weighted by atomic mass is 10.2. The Morgan fingerprint density at radius 2 is 2.00 bits per heavy atom. The SMILES string of the molecule is CCOC(=O)CCCN1C(=O)c2cc3oc(-c4ccc(Cl)cc4)cc3n2C1=S. The first-order valence-corrected chi connectivity index (χ1v) is 9.71. The molecule has 0 radical (unpaired) electrons. The molecule has 6 nitrogen and oxygen atoms in total. The van der Waals surface area contributed by atoms with Crippen LogP contribution in [0.5, 0.6) is 0 Å². The zero-order valence-electron chi connectivity index (χ0n) is 15.1. The van der Waals surface area contributed by atoms with Gasteiger partial charge in [-0.15, -0.1) is 0 Å². The minimum atomic E-state index is -0.274. The molecular weight excluding hydrogens is 400 g/mol. The average molecular weight is 417 g/mol. The number of furan rings is 1. The van der Waals surface area contributed by atoms with Gasteiger partial charge in [-0.1, -0.05) is 11.6 Å². The predicted molar refractivity (Wildman–Crippen MR) is 110 cm³/mol. The molecule has 1 aliphatic heterocycles. The van der Waals surface area contributed by atoms with E-state index in [2.05, 4.69) is 0 Å². The van der Waals surface area contributed by atoms with Crippen LogP contribution in [0.25, 0.3) is 22.4 Å². The van der Waals surface area contributed by atoms with E-state index < -0.39 is 0 Å². The molecule has 1 amide bonds. The van der Waals surface area contributed by atoms with Crippen LogP contribution < -0.4 is 0 Å². The van der Waals surface area contributed by atoms with E-state index in [1.807, 2.05) is 18.2 Å². The van der Waals surface area contributed by atoms with Crippen molar-refractivity contribution in [2.24, 2.45) is 0 Å². The van der Waals surface area contributed by atoms with Crippen molar-refractivity contribution in [3.05, 3.63) is 47.1 Å². The van der Waals surface area contributed by atoms with Gasteiger partial charge in [-0.05, 0) is 49.8 Å². The molecule has 0 unspecified atom stereocenters. The van der Waals surface area contributed by atoms with Crippen molar-refractivity contribution in [3.8, 4) is 11.3 Å². The van der Waals surface area contributed by atoms with Gasteiger partial charge in [-0.25, -0.2) is 0 Å². The first-order valence-electron chi connectivity index (χ1n) is 8.92. The second kappa shape index (κ2) is 7.41. The monoisotopic (exact) mass is 416 g/mol. The van der Waals surface area contributed by atoms with E-state index in [9.17, 15) is 9.59 Å². The maximum Gasteiger partial charge on any atom is 0.305 e. The Labute approximate surface area is 171 Å². The fourth-order valence-corrected chi connectivity index (χ4v) is 3.77. The van der Waals surface area contributed by atoms with Crippen molar-refractivity contribution < 1.29 is 18.7 Å². The molecule has 2 aromatic heterocycles. The smallest absolute Gasteiger partial charge is 0.305 e. The summed E-state index contributed by atoms with van der Waals surface area (Å²) >= 11 is 11.5. The van der Waals surface area contributed by atoms with E-state index in [0.29, 0.717) is 46.7 Å². The largest absolute Gasteiger partial charge is 0.466 e. The number of ether oxygens (including phenoxy) is 1. The number of amides is 1. The Balaban J connectivity index is 1.56. The Morgan fingerprint density at radius 3 is 2.71 bits per heavy atom. The standard InChI is InChI=1S/C20H17ClN2O4S/c1-2-26-18(24)4-3-9-22-19(25)15-11-17-14(23(15)20(22)28)10-16(27-17)12-5-7-13(21)8-6-12/h5-8,10-11H,2-4,9H2,1H3. The number of fused-ring (bicyclic) bond motifs is 3. The lowest BCUT2D eigenvalue weighted by molar-refractivity contribution is -0.143. The summed E-state index contributed by atoms with van der Waals surface area (Å²) in [7, 11) is 0. The van der Waals surface area contributed by atoms with Crippen molar-refractivity contribution in [1.82, 2.24) is 9.47 Å². The second-order valence-electron chi connectivity index (χ2n) is 6.38. The molecule has 3 heterocycles. The summed E-state index contributed by atoms with van der Waals surface area (Å²) in [5, 5.41) is 1.04. The Bertz CT molecular complexity index is 1080. The minimum absolute atomic E-state index is 0.187. The highest BCUT2D eigenvalue weighted by Crippen LogP contribution is 2.33. The number of aromatic nitrogens is 1. The maximum absolute atomic E-state index is 12.7. The van der Waals surface area contributed by atoms with Gasteiger partial charge in [0.05, 0.1) is 12.1 Å². The normalized spacial score (nSPS) is 13.4. The fourth-order valence-electron chi connectivity index (χ4n) is 3.27. The van der Waals surface area contributed by atoms with Crippen LogP contribution in [-0.4, -0.2) is 39.6 Å². The van der Waals surface area contributed by atoms with E-state index in [-0.39, 0.29) is 18.3 Å². The number of thiocarbonyl (C=S) groups is 1. The first-order chi connectivity index (χ1) is 13.5. The summed E-state index contributed by atoms with van der Waals surface area (Å²) in [6.07, 6.45) is 0.733. The van der Waals surface area contributed by atoms with Gasteiger partial charge >= 0.3 is 5.97 Å². The number of nitrogens with zero attached hydrogens (tertiary/aromatic N) is 2. The molecule has 0 saturated heterocycles. The van der Waals surface area contributed by atoms with E-state index >= 15 is 0 Å². The third kappa shape index (κ3) is 3.21. The summed E-state index contributed by atoms with van der Waals surface area (Å²) in [4.78, 5) is 25.7. The van der Waals surface area contributed by atoms with Gasteiger partial charge in [0.2, 0.25) is 0 Å². The van der Waals surface area contributed by atoms with Crippen LogP contribution in [0.2, 0.25) is 5.02 Å². The van der Waals surface area contributed by atoms with Crippen LogP contribution in [0.4, 0.5) is 0 Å². The molecule has 0 aliphatic carbocycles. The Hall–Kier alpha value is -2.64. The average Bonchev–Trinajstić information content (AvgIpc) is 3.28. The summed E-state index contributed by atoms with van der Waals surface area (Å²) in [5.41, 5.74) is 2.70. The van der Waals surface area contributed by atoms with Gasteiger partial charge in [-0.3, -0.25) is 19.1 Å². The van der Waals surface area contributed by atoms with Gasteiger partial charge in [0.15, 0.2) is 10.7 Å². The summed E-state index contributed by atoms with van der Waals surface area (Å²) in [6, 6.07) is 10.9. The van der Waals surface area contributed by atoms with Crippen LogP contribution >= 0.6 is 23.8 Å². The topological polar surface area (TPSA) is 64.7 Å². The van der Waals surface area contributed by atoms with Crippen molar-refractivity contribution >= 4 is 51.9 Å². The van der Waals surface area contributed by atoms with E-state index in [0.717, 1.165) is 11.1 Å². The van der Waals surface area contributed by atoms with Crippen LogP contribution in [0, 0.1) is 0 Å². The first kappa shape index (κ1) is 18.7. The van der Waals surface area contributed by atoms with Crippen molar-refractivity contribution in [3.63, 3.8) is 0 Å². The number of hydrogen-bond donors (Lipinski definition) is 0. The summed E-state index contributed by atoms with van der Waals surface area (Å²) in [5.74, 6) is 0.214. The van der Waals surface area contributed by atoms with Gasteiger partial charge in [0.1, 0.15) is 11.5 Å². The number of carbonyl (C=O) groups is 2. The second-order valence-corrected chi connectivity index (χ2v) is 7.18. The van der Waals surface area contributed by atoms with Crippen LogP contribution in [0.1, 0.15) is 30.3 Å². The molecule has 1 aliphatic rings. The van der Waals surface area contributed by atoms with Gasteiger partial charge in [0, 0.05) is 35.7 Å². The molecule has 1 aromatic carbocycles. The highest BCUT2D eigenvalue weighted by molar-refractivity contribution is 7.80. The van der Waals surface area contributed by atoms with Gasteiger partial charge < -0.3 is 9.15 Å². The zero-order chi connectivity index (χ0) is 19.8. The molecule has 0 atom stereocenters. The molecule has 28 heavy (non-hydrogen) atoms. The molecule has 0 N–H and O–H groups in total. The summed E-state index contributed by atoms with van der Waals surface area (Å²) < 4.78 is 12.5. The van der Waals surface area contributed by atoms with E-state index in [1.54, 1.807) is 29.7 Å². The molecule has 0 saturated carbocycles. The highest BCUT2D eigenvalue weighted by Gasteiger charge is 2.35. The maximum atomic E-state index is 12.7. The number of rotatable bonds is 6. The Kier molecular flexibility index (Phi) is 4.95. The third-order valence-corrected chi connectivity index (χ3v) is 5.23. The number of benzene rings is 1. The lowest BCUT2D eigenvalue weighted by Crippen LogP contribution is -2.32. The molecule has 8 heteroatoms. The van der Waals surface area contributed by atoms with E-state index in [4.69, 9.17) is 33.0 Å². The van der Waals surface area contributed by atoms with Crippen LogP contribution in [-0.2, 0) is 9.53 Å². The Morgan fingerprint density at radius 1 is 1.25 bits per heavy atom. The van der Waals surface area contributed by atoms with Crippen molar-refractivity contribution in [2.75, 3.05) is 13.2 Å². The minimum Gasteiger partial charge on any atom is -0.466 e. The third-order valence-electron chi connectivity index (χ3n) is 4.57. The van der Waals surface area contributed by atoms with Crippen LogP contribution in [0.3, 0.4) is 0 Å². The lowest BCUT2D eigenvalue weighted by Gasteiger charge is -2.15. The number of carbonyl (C=O) groups excluding carboxylic acids is 2. The summed E-state index contributed by atoms with van der Waals surface area (Å²) in [6.45, 7) is 2.47. The molecule has 3 aromatic rings. The number of halogens is 1. The fraction of sp³-hybridized carbons (Fsp3) is 0.250. The number of esters is 1. The number of hydrogen-bond acceptors (Lipinski definition) is 5. The van der Waals surface area contributed by atoms with Crippen molar-refractivity contribution in [1.29, 1.82) is 0 Å². The van der Waals surface area contributed by atoms with Gasteiger partial charge in [0.25, 0.3) is 5.91 Å². The predicted octanol–water partition coefficient (Wildman–Crippen LogP) is 4.49. The van der Waals surface area contributed by atoms with Crippen molar-refractivity contribution in [2.45, 2.75) is 19.8 Å². The highest BCUT2D eigenvalue weighted by atomic mass is 35.5. The molecule has 0 bridgehead atoms. The molecule has 0 spiro atoms. The van der Waals surface area contributed by atoms with E-state index in [1.165, 1.54) is 4.90 Å². The van der Waals surface area contributed by atoms with Crippen LogP contribution in [0.15, 0.2) is 40.8 Å². The molecular formula is C20H17ClN2O4S.